The first-order chi connectivity index (χ1) is 12.0. The van der Waals surface area contributed by atoms with Crippen molar-refractivity contribution in [3.63, 3.8) is 0 Å². The number of hydrazone groups is 1. The van der Waals surface area contributed by atoms with E-state index < -0.39 is 0 Å². The molecule has 0 bridgehead atoms. The third-order valence-corrected chi connectivity index (χ3v) is 4.30. The van der Waals surface area contributed by atoms with E-state index in [4.69, 9.17) is 33.4 Å². The van der Waals surface area contributed by atoms with Crippen molar-refractivity contribution >= 4 is 51.8 Å². The molecule has 3 rings (SSSR count). The first-order valence-corrected chi connectivity index (χ1v) is 8.53. The van der Waals surface area contributed by atoms with Gasteiger partial charge in [0.15, 0.2) is 0 Å². The highest BCUT2D eigenvalue weighted by atomic mass is 35.5. The number of nitrogen functional groups attached to an aromatic ring is 1. The molecule has 2 aromatic heterocycles. The lowest BCUT2D eigenvalue weighted by molar-refractivity contribution is -0.120. The van der Waals surface area contributed by atoms with Crippen LogP contribution >= 0.6 is 34.5 Å². The van der Waals surface area contributed by atoms with E-state index in [1.54, 1.807) is 30.3 Å². The topological polar surface area (TPSA) is 106 Å². The molecule has 0 unspecified atom stereocenters. The van der Waals surface area contributed by atoms with E-state index >= 15 is 0 Å². The van der Waals surface area contributed by atoms with Crippen molar-refractivity contribution in [1.29, 1.82) is 0 Å². The van der Waals surface area contributed by atoms with Crippen LogP contribution < -0.4 is 11.2 Å². The lowest BCUT2D eigenvalue weighted by Gasteiger charge is -2.00. The average Bonchev–Trinajstić information content (AvgIpc) is 3.17. The number of nitrogens with one attached hydrogen (secondary N) is 1. The quantitative estimate of drug-likeness (QED) is 0.508. The van der Waals surface area contributed by atoms with Crippen LogP contribution in [0, 0.1) is 0 Å². The van der Waals surface area contributed by atoms with Gasteiger partial charge >= 0.3 is 0 Å². The summed E-state index contributed by atoms with van der Waals surface area (Å²) >= 11 is 13.2. The Morgan fingerprint density at radius 3 is 2.88 bits per heavy atom. The number of carbonyl (C=O) groups is 1. The van der Waals surface area contributed by atoms with Gasteiger partial charge in [0.05, 0.1) is 17.7 Å². The molecule has 0 radical (unpaired) electrons. The van der Waals surface area contributed by atoms with Crippen LogP contribution in [0.3, 0.4) is 0 Å². The Kier molecular flexibility index (Phi) is 5.32. The number of nitrogens with zero attached hydrogens (tertiary/aromatic N) is 3. The molecule has 7 nitrogen and oxygen atoms in total. The molecule has 1 aromatic carbocycles. The normalized spacial score (nSPS) is 11.1. The van der Waals surface area contributed by atoms with Gasteiger partial charge in [0.1, 0.15) is 16.5 Å². The summed E-state index contributed by atoms with van der Waals surface area (Å²) in [4.78, 5) is 11.7. The fraction of sp³-hybridized carbons (Fsp3) is 0.0667. The van der Waals surface area contributed by atoms with Gasteiger partial charge in [-0.05, 0) is 30.3 Å². The fourth-order valence-electron chi connectivity index (χ4n) is 1.94. The summed E-state index contributed by atoms with van der Waals surface area (Å²) in [6, 6.07) is 8.58. The van der Waals surface area contributed by atoms with E-state index in [-0.39, 0.29) is 12.3 Å². The highest BCUT2D eigenvalue weighted by molar-refractivity contribution is 7.15. The van der Waals surface area contributed by atoms with Crippen molar-refractivity contribution < 1.29 is 9.21 Å². The Hall–Kier alpha value is -2.42. The molecule has 0 spiro atoms. The van der Waals surface area contributed by atoms with E-state index in [9.17, 15) is 4.79 Å². The maximum atomic E-state index is 11.7. The number of hydrogen-bond donors (Lipinski definition) is 2. The van der Waals surface area contributed by atoms with E-state index in [1.807, 2.05) is 0 Å². The highest BCUT2D eigenvalue weighted by Gasteiger charge is 2.09. The third-order valence-electron chi connectivity index (χ3n) is 3.00. The maximum absolute atomic E-state index is 11.7. The zero-order chi connectivity index (χ0) is 17.8. The molecule has 0 aliphatic carbocycles. The molecule has 2 heterocycles. The zero-order valence-corrected chi connectivity index (χ0v) is 14.9. The standard InChI is InChI=1S/C15H11Cl2N5O2S/c16-8-1-3-10(11(17)5-8)12-4-2-9(24-12)7-19-20-13(23)6-14-21-22-15(18)25-14/h1-5,7H,6H2,(H2,18,22)(H,20,23)/b19-7+. The molecule has 0 aliphatic rings. The van der Waals surface area contributed by atoms with Gasteiger partial charge in [-0.15, -0.1) is 10.2 Å². The maximum Gasteiger partial charge on any atom is 0.247 e. The fourth-order valence-corrected chi connectivity index (χ4v) is 3.05. The Balaban J connectivity index is 1.61. The molecule has 0 fully saturated rings. The summed E-state index contributed by atoms with van der Waals surface area (Å²) in [5, 5.41) is 13.1. The predicted octanol–water partition coefficient (Wildman–Crippen LogP) is 3.38. The molecule has 0 atom stereocenters. The monoisotopic (exact) mass is 395 g/mol. The largest absolute Gasteiger partial charge is 0.455 e. The number of benzene rings is 1. The molecular weight excluding hydrogens is 385 g/mol. The molecule has 25 heavy (non-hydrogen) atoms. The Bertz CT molecular complexity index is 938. The molecule has 128 valence electrons. The molecule has 0 aliphatic heterocycles. The van der Waals surface area contributed by atoms with Crippen molar-refractivity contribution in [2.24, 2.45) is 5.10 Å². The van der Waals surface area contributed by atoms with Crippen LogP contribution in [-0.4, -0.2) is 22.3 Å². The predicted molar refractivity (Wildman–Crippen MR) is 97.9 cm³/mol. The Labute approximate surface area is 156 Å². The smallest absolute Gasteiger partial charge is 0.247 e. The van der Waals surface area contributed by atoms with E-state index in [0.717, 1.165) is 11.3 Å². The molecule has 0 saturated carbocycles. The van der Waals surface area contributed by atoms with E-state index in [0.29, 0.717) is 37.3 Å². The number of rotatable bonds is 5. The van der Waals surface area contributed by atoms with Gasteiger partial charge in [-0.3, -0.25) is 4.79 Å². The van der Waals surface area contributed by atoms with Gasteiger partial charge in [-0.2, -0.15) is 5.10 Å². The van der Waals surface area contributed by atoms with Crippen LogP contribution in [0.2, 0.25) is 10.0 Å². The van der Waals surface area contributed by atoms with Crippen molar-refractivity contribution in [2.75, 3.05) is 5.73 Å². The minimum Gasteiger partial charge on any atom is -0.455 e. The van der Waals surface area contributed by atoms with Crippen LogP contribution in [0.15, 0.2) is 39.9 Å². The number of aromatic nitrogens is 2. The number of nitrogens with two attached hydrogens (primary N) is 1. The number of amides is 1. The van der Waals surface area contributed by atoms with E-state index in [1.165, 1.54) is 6.21 Å². The average molecular weight is 396 g/mol. The lowest BCUT2D eigenvalue weighted by atomic mass is 10.2. The van der Waals surface area contributed by atoms with E-state index in [2.05, 4.69) is 20.7 Å². The summed E-state index contributed by atoms with van der Waals surface area (Å²) in [5.41, 5.74) is 8.55. The lowest BCUT2D eigenvalue weighted by Crippen LogP contribution is -2.19. The second-order valence-corrected chi connectivity index (χ2v) is 6.77. The van der Waals surface area contributed by atoms with Crippen LogP contribution in [0.4, 0.5) is 5.13 Å². The number of carbonyl (C=O) groups excluding carboxylic acids is 1. The minimum atomic E-state index is -0.333. The summed E-state index contributed by atoms with van der Waals surface area (Å²) in [7, 11) is 0. The minimum absolute atomic E-state index is 0.0516. The highest BCUT2D eigenvalue weighted by Crippen LogP contribution is 2.31. The van der Waals surface area contributed by atoms with Crippen molar-refractivity contribution in [3.05, 3.63) is 51.1 Å². The molecular formula is C15H11Cl2N5O2S. The first kappa shape index (κ1) is 17.4. The Morgan fingerprint density at radius 1 is 1.32 bits per heavy atom. The van der Waals surface area contributed by atoms with Gasteiger partial charge in [0.25, 0.3) is 0 Å². The summed E-state index contributed by atoms with van der Waals surface area (Å²) in [5.74, 6) is 0.695. The SMILES string of the molecule is Nc1nnc(CC(=O)N/N=C/c2ccc(-c3ccc(Cl)cc3Cl)o2)s1. The molecule has 1 amide bonds. The molecule has 0 saturated heterocycles. The van der Waals surface area contributed by atoms with Gasteiger partial charge in [-0.1, -0.05) is 34.5 Å². The number of anilines is 1. The zero-order valence-electron chi connectivity index (χ0n) is 12.6. The molecule has 3 N–H and O–H groups in total. The van der Waals surface area contributed by atoms with Crippen molar-refractivity contribution in [3.8, 4) is 11.3 Å². The molecule has 3 aromatic rings. The second-order valence-electron chi connectivity index (χ2n) is 4.83. The summed E-state index contributed by atoms with van der Waals surface area (Å²) in [6.45, 7) is 0. The number of hydrogen-bond acceptors (Lipinski definition) is 7. The van der Waals surface area contributed by atoms with Gasteiger partial charge in [0, 0.05) is 10.6 Å². The van der Waals surface area contributed by atoms with Crippen LogP contribution in [-0.2, 0) is 11.2 Å². The number of furan rings is 1. The summed E-state index contributed by atoms with van der Waals surface area (Å²) < 4.78 is 5.63. The third kappa shape index (κ3) is 4.56. The first-order valence-electron chi connectivity index (χ1n) is 6.96. The van der Waals surface area contributed by atoms with Crippen LogP contribution in [0.1, 0.15) is 10.8 Å². The van der Waals surface area contributed by atoms with Crippen molar-refractivity contribution in [2.45, 2.75) is 6.42 Å². The van der Waals surface area contributed by atoms with Gasteiger partial charge in [-0.25, -0.2) is 5.43 Å². The second kappa shape index (κ2) is 7.64. The molecule has 10 heteroatoms. The van der Waals surface area contributed by atoms with Crippen LogP contribution in [0.25, 0.3) is 11.3 Å². The van der Waals surface area contributed by atoms with Crippen LogP contribution in [0.5, 0.6) is 0 Å². The Morgan fingerprint density at radius 2 is 2.16 bits per heavy atom. The summed E-state index contributed by atoms with van der Waals surface area (Å²) in [6.07, 6.45) is 1.44. The van der Waals surface area contributed by atoms with Gasteiger partial charge < -0.3 is 10.2 Å². The number of halogens is 2. The van der Waals surface area contributed by atoms with Crippen molar-refractivity contribution in [1.82, 2.24) is 15.6 Å². The van der Waals surface area contributed by atoms with Gasteiger partial charge in [0.2, 0.25) is 11.0 Å².